The molecule has 3 rings (SSSR count). The number of rotatable bonds is 5. The Bertz CT molecular complexity index is 1010. The Hall–Kier alpha value is -2.59. The number of benzene rings is 2. The number of carbonyl (C=O) groups is 1. The zero-order valence-corrected chi connectivity index (χ0v) is 15.6. The zero-order valence-electron chi connectivity index (χ0n) is 14.9. The number of aromatic nitrogens is 1. The van der Waals surface area contributed by atoms with Crippen molar-refractivity contribution >= 4 is 28.4 Å². The van der Waals surface area contributed by atoms with Crippen LogP contribution in [0.4, 0.5) is 0 Å². The van der Waals surface area contributed by atoms with E-state index < -0.39 is 0 Å². The predicted octanol–water partition coefficient (Wildman–Crippen LogP) is 4.54. The van der Waals surface area contributed by atoms with E-state index in [-0.39, 0.29) is 18.0 Å². The molecule has 0 fully saturated rings. The summed E-state index contributed by atoms with van der Waals surface area (Å²) in [5, 5.41) is 1.37. The molecule has 0 saturated heterocycles. The number of halogens is 1. The average Bonchev–Trinajstić information content (AvgIpc) is 2.62. The first-order chi connectivity index (χ1) is 12.5. The minimum Gasteiger partial charge on any atom is -0.334 e. The van der Waals surface area contributed by atoms with Gasteiger partial charge < -0.3 is 9.88 Å². The third-order valence-electron chi connectivity index (χ3n) is 4.32. The number of aromatic amines is 1. The van der Waals surface area contributed by atoms with Gasteiger partial charge >= 0.3 is 0 Å². The van der Waals surface area contributed by atoms with Crippen molar-refractivity contribution in [3.8, 4) is 0 Å². The van der Waals surface area contributed by atoms with Crippen LogP contribution in [0.3, 0.4) is 0 Å². The second kappa shape index (κ2) is 7.75. The fourth-order valence-electron chi connectivity index (χ4n) is 3.01. The smallest absolute Gasteiger partial charge is 0.255 e. The van der Waals surface area contributed by atoms with Crippen molar-refractivity contribution in [2.45, 2.75) is 26.8 Å². The van der Waals surface area contributed by atoms with Gasteiger partial charge in [-0.2, -0.15) is 0 Å². The molecule has 1 N–H and O–H groups in total. The average molecular weight is 369 g/mol. The molecule has 0 atom stereocenters. The van der Waals surface area contributed by atoms with E-state index in [0.717, 1.165) is 22.9 Å². The van der Waals surface area contributed by atoms with Crippen LogP contribution in [0.25, 0.3) is 10.9 Å². The molecule has 3 aromatic rings. The molecule has 4 nitrogen and oxygen atoms in total. The van der Waals surface area contributed by atoms with Gasteiger partial charge in [-0.25, -0.2) is 0 Å². The van der Waals surface area contributed by atoms with Crippen molar-refractivity contribution in [1.29, 1.82) is 0 Å². The molecule has 2 aromatic carbocycles. The molecule has 0 aliphatic heterocycles. The van der Waals surface area contributed by atoms with Crippen LogP contribution < -0.4 is 5.56 Å². The number of aryl methyl sites for hydroxylation is 1. The largest absolute Gasteiger partial charge is 0.334 e. The lowest BCUT2D eigenvalue weighted by Gasteiger charge is -2.22. The summed E-state index contributed by atoms with van der Waals surface area (Å²) in [5.41, 5.74) is 2.74. The van der Waals surface area contributed by atoms with Crippen molar-refractivity contribution in [1.82, 2.24) is 9.88 Å². The summed E-state index contributed by atoms with van der Waals surface area (Å²) in [7, 11) is 0. The first-order valence-electron chi connectivity index (χ1n) is 8.66. The summed E-state index contributed by atoms with van der Waals surface area (Å²) in [4.78, 5) is 30.0. The minimum atomic E-state index is -0.170. The van der Waals surface area contributed by atoms with Crippen LogP contribution in [0.5, 0.6) is 0 Å². The van der Waals surface area contributed by atoms with Crippen LogP contribution >= 0.6 is 11.6 Å². The van der Waals surface area contributed by atoms with E-state index in [1.165, 1.54) is 0 Å². The van der Waals surface area contributed by atoms with Gasteiger partial charge in [0.15, 0.2) is 0 Å². The summed E-state index contributed by atoms with van der Waals surface area (Å²) >= 11 is 6.18. The Morgan fingerprint density at radius 2 is 1.92 bits per heavy atom. The highest BCUT2D eigenvalue weighted by Gasteiger charge is 2.19. The fraction of sp³-hybridized carbons (Fsp3) is 0.238. The SMILES string of the molecule is CCCN(Cc1cc2ccc(C)cc2[nH]c1=O)C(=O)c1ccccc1Cl. The molecular weight excluding hydrogens is 348 g/mol. The van der Waals surface area contributed by atoms with Gasteiger partial charge in [0, 0.05) is 17.6 Å². The summed E-state index contributed by atoms with van der Waals surface area (Å²) in [5.74, 6) is -0.166. The van der Waals surface area contributed by atoms with Crippen LogP contribution in [0.1, 0.15) is 34.8 Å². The zero-order chi connectivity index (χ0) is 18.7. The van der Waals surface area contributed by atoms with Gasteiger partial charge in [-0.1, -0.05) is 42.8 Å². The summed E-state index contributed by atoms with van der Waals surface area (Å²) in [6.45, 7) is 4.78. The van der Waals surface area contributed by atoms with Crippen LogP contribution in [-0.4, -0.2) is 22.3 Å². The monoisotopic (exact) mass is 368 g/mol. The molecule has 1 aromatic heterocycles. The Balaban J connectivity index is 1.95. The van der Waals surface area contributed by atoms with Gasteiger partial charge in [0.25, 0.3) is 11.5 Å². The molecular formula is C21H21ClN2O2. The van der Waals surface area contributed by atoms with E-state index in [1.807, 2.05) is 38.1 Å². The molecule has 0 spiro atoms. The van der Waals surface area contributed by atoms with Crippen molar-refractivity contribution in [3.05, 3.63) is 80.6 Å². The quantitative estimate of drug-likeness (QED) is 0.718. The lowest BCUT2D eigenvalue weighted by molar-refractivity contribution is 0.0743. The predicted molar refractivity (Wildman–Crippen MR) is 106 cm³/mol. The maximum atomic E-state index is 12.9. The lowest BCUT2D eigenvalue weighted by atomic mass is 10.1. The Kier molecular flexibility index (Phi) is 5.43. The number of fused-ring (bicyclic) bond motifs is 1. The first kappa shape index (κ1) is 18.2. The maximum Gasteiger partial charge on any atom is 0.255 e. The number of nitrogens with zero attached hydrogens (tertiary/aromatic N) is 1. The number of hydrogen-bond donors (Lipinski definition) is 1. The second-order valence-corrected chi connectivity index (χ2v) is 6.83. The molecule has 0 radical (unpaired) electrons. The van der Waals surface area contributed by atoms with Crippen molar-refractivity contribution in [2.75, 3.05) is 6.54 Å². The molecule has 0 saturated carbocycles. The highest BCUT2D eigenvalue weighted by Crippen LogP contribution is 2.19. The van der Waals surface area contributed by atoms with Gasteiger partial charge in [0.1, 0.15) is 0 Å². The van der Waals surface area contributed by atoms with E-state index in [9.17, 15) is 9.59 Å². The molecule has 1 heterocycles. The van der Waals surface area contributed by atoms with E-state index in [2.05, 4.69) is 4.98 Å². The molecule has 0 bridgehead atoms. The van der Waals surface area contributed by atoms with Crippen molar-refractivity contribution in [3.63, 3.8) is 0 Å². The number of amides is 1. The van der Waals surface area contributed by atoms with Crippen LogP contribution in [0.2, 0.25) is 5.02 Å². The number of hydrogen-bond acceptors (Lipinski definition) is 2. The molecule has 0 aliphatic rings. The van der Waals surface area contributed by atoms with Crippen molar-refractivity contribution in [2.24, 2.45) is 0 Å². The summed E-state index contributed by atoms with van der Waals surface area (Å²) in [6, 6.07) is 14.8. The highest BCUT2D eigenvalue weighted by molar-refractivity contribution is 6.33. The molecule has 0 aliphatic carbocycles. The van der Waals surface area contributed by atoms with E-state index in [0.29, 0.717) is 22.7 Å². The molecule has 26 heavy (non-hydrogen) atoms. The minimum absolute atomic E-state index is 0.166. The fourth-order valence-corrected chi connectivity index (χ4v) is 3.23. The number of pyridine rings is 1. The van der Waals surface area contributed by atoms with E-state index in [4.69, 9.17) is 11.6 Å². The normalized spacial score (nSPS) is 10.9. The van der Waals surface area contributed by atoms with Gasteiger partial charge in [0.05, 0.1) is 17.1 Å². The summed E-state index contributed by atoms with van der Waals surface area (Å²) < 4.78 is 0. The standard InChI is InChI=1S/C21H21ClN2O2/c1-3-10-24(21(26)17-6-4-5-7-18(17)22)13-16-12-15-9-8-14(2)11-19(15)23-20(16)25/h4-9,11-12H,3,10,13H2,1-2H3,(H,23,25). The number of nitrogens with one attached hydrogen (secondary N) is 1. The Labute approximate surface area is 157 Å². The molecule has 134 valence electrons. The number of carbonyl (C=O) groups excluding carboxylic acids is 1. The van der Waals surface area contributed by atoms with Crippen LogP contribution in [0.15, 0.2) is 53.3 Å². The van der Waals surface area contributed by atoms with E-state index in [1.54, 1.807) is 29.2 Å². The highest BCUT2D eigenvalue weighted by atomic mass is 35.5. The molecule has 5 heteroatoms. The van der Waals surface area contributed by atoms with Crippen LogP contribution in [-0.2, 0) is 6.54 Å². The van der Waals surface area contributed by atoms with Gasteiger partial charge in [-0.15, -0.1) is 0 Å². The topological polar surface area (TPSA) is 53.2 Å². The third-order valence-corrected chi connectivity index (χ3v) is 4.65. The van der Waals surface area contributed by atoms with Crippen LogP contribution in [0, 0.1) is 6.92 Å². The van der Waals surface area contributed by atoms with Gasteiger partial charge in [-0.3, -0.25) is 9.59 Å². The second-order valence-electron chi connectivity index (χ2n) is 6.42. The number of H-pyrrole nitrogens is 1. The first-order valence-corrected chi connectivity index (χ1v) is 9.03. The Morgan fingerprint density at radius 1 is 1.15 bits per heavy atom. The molecule has 1 amide bonds. The third kappa shape index (κ3) is 3.81. The van der Waals surface area contributed by atoms with Gasteiger partial charge in [-0.05, 0) is 48.6 Å². The van der Waals surface area contributed by atoms with Crippen molar-refractivity contribution < 1.29 is 4.79 Å². The summed E-state index contributed by atoms with van der Waals surface area (Å²) in [6.07, 6.45) is 0.793. The maximum absolute atomic E-state index is 12.9. The van der Waals surface area contributed by atoms with E-state index >= 15 is 0 Å². The Morgan fingerprint density at radius 3 is 2.65 bits per heavy atom. The lowest BCUT2D eigenvalue weighted by Crippen LogP contribution is -2.33. The molecule has 0 unspecified atom stereocenters. The van der Waals surface area contributed by atoms with Gasteiger partial charge in [0.2, 0.25) is 0 Å².